The molecule has 0 unspecified atom stereocenters. The van der Waals surface area contributed by atoms with Gasteiger partial charge in [-0.25, -0.2) is 0 Å². The molecule has 110 valence electrons. The van der Waals surface area contributed by atoms with Gasteiger partial charge in [0.15, 0.2) is 0 Å². The second kappa shape index (κ2) is 6.59. The number of benzene rings is 1. The highest BCUT2D eigenvalue weighted by molar-refractivity contribution is 5.83. The molecule has 0 atom stereocenters. The SMILES string of the molecule is CCCNCc1cccc2ccn(CCn3cccn3)c12. The monoisotopic (exact) mass is 282 g/mol. The molecule has 2 aromatic heterocycles. The summed E-state index contributed by atoms with van der Waals surface area (Å²) in [5.74, 6) is 0. The minimum absolute atomic E-state index is 0.896. The number of para-hydroxylation sites is 1. The average molecular weight is 282 g/mol. The van der Waals surface area contributed by atoms with Gasteiger partial charge in [-0.05, 0) is 36.0 Å². The summed E-state index contributed by atoms with van der Waals surface area (Å²) in [6.45, 7) is 6.02. The zero-order valence-electron chi connectivity index (χ0n) is 12.5. The Morgan fingerprint density at radius 2 is 2.05 bits per heavy atom. The molecule has 0 aliphatic carbocycles. The maximum Gasteiger partial charge on any atom is 0.0588 e. The van der Waals surface area contributed by atoms with Crippen molar-refractivity contribution in [2.75, 3.05) is 6.54 Å². The number of rotatable bonds is 7. The maximum absolute atomic E-state index is 4.27. The van der Waals surface area contributed by atoms with Crippen molar-refractivity contribution in [2.24, 2.45) is 0 Å². The van der Waals surface area contributed by atoms with Gasteiger partial charge in [0, 0.05) is 31.7 Å². The Morgan fingerprint density at radius 3 is 2.86 bits per heavy atom. The summed E-state index contributed by atoms with van der Waals surface area (Å²) < 4.78 is 4.31. The van der Waals surface area contributed by atoms with Crippen LogP contribution in [0.4, 0.5) is 0 Å². The minimum Gasteiger partial charge on any atom is -0.345 e. The van der Waals surface area contributed by atoms with Gasteiger partial charge in [-0.15, -0.1) is 0 Å². The molecular weight excluding hydrogens is 260 g/mol. The molecular formula is C17H22N4. The van der Waals surface area contributed by atoms with Crippen molar-refractivity contribution < 1.29 is 0 Å². The molecule has 0 bridgehead atoms. The van der Waals surface area contributed by atoms with E-state index in [1.165, 1.54) is 16.5 Å². The Hall–Kier alpha value is -2.07. The highest BCUT2D eigenvalue weighted by Crippen LogP contribution is 2.20. The molecule has 2 heterocycles. The van der Waals surface area contributed by atoms with Crippen LogP contribution in [-0.2, 0) is 19.6 Å². The summed E-state index contributed by atoms with van der Waals surface area (Å²) in [6.07, 6.45) is 7.18. The van der Waals surface area contributed by atoms with E-state index in [-0.39, 0.29) is 0 Å². The fourth-order valence-electron chi connectivity index (χ4n) is 2.71. The molecule has 3 rings (SSSR count). The van der Waals surface area contributed by atoms with E-state index in [4.69, 9.17) is 0 Å². The van der Waals surface area contributed by atoms with Gasteiger partial charge in [-0.1, -0.05) is 25.1 Å². The summed E-state index contributed by atoms with van der Waals surface area (Å²) in [7, 11) is 0. The fraction of sp³-hybridized carbons (Fsp3) is 0.353. The second-order valence-corrected chi connectivity index (χ2v) is 5.31. The normalized spacial score (nSPS) is 11.3. The first-order valence-corrected chi connectivity index (χ1v) is 7.63. The van der Waals surface area contributed by atoms with E-state index >= 15 is 0 Å². The summed E-state index contributed by atoms with van der Waals surface area (Å²) in [5.41, 5.74) is 2.71. The van der Waals surface area contributed by atoms with E-state index in [2.05, 4.69) is 52.4 Å². The Labute approximate surface area is 125 Å². The number of nitrogens with one attached hydrogen (secondary N) is 1. The zero-order valence-corrected chi connectivity index (χ0v) is 12.5. The minimum atomic E-state index is 0.896. The Morgan fingerprint density at radius 1 is 1.10 bits per heavy atom. The largest absolute Gasteiger partial charge is 0.345 e. The van der Waals surface area contributed by atoms with Crippen molar-refractivity contribution in [3.63, 3.8) is 0 Å². The third kappa shape index (κ3) is 3.16. The lowest BCUT2D eigenvalue weighted by Crippen LogP contribution is -2.15. The number of aromatic nitrogens is 3. The van der Waals surface area contributed by atoms with Crippen LogP contribution in [0.25, 0.3) is 10.9 Å². The lowest BCUT2D eigenvalue weighted by Gasteiger charge is -2.11. The molecule has 0 amide bonds. The first kappa shape index (κ1) is 13.9. The summed E-state index contributed by atoms with van der Waals surface area (Å²) in [5, 5.41) is 9.08. The molecule has 0 aliphatic rings. The number of fused-ring (bicyclic) bond motifs is 1. The quantitative estimate of drug-likeness (QED) is 0.676. The fourth-order valence-corrected chi connectivity index (χ4v) is 2.71. The molecule has 4 nitrogen and oxygen atoms in total. The molecule has 21 heavy (non-hydrogen) atoms. The highest BCUT2D eigenvalue weighted by Gasteiger charge is 2.06. The van der Waals surface area contributed by atoms with Crippen LogP contribution in [0.2, 0.25) is 0 Å². The van der Waals surface area contributed by atoms with Crippen LogP contribution < -0.4 is 5.32 Å². The van der Waals surface area contributed by atoms with Crippen molar-refractivity contribution >= 4 is 10.9 Å². The van der Waals surface area contributed by atoms with E-state index < -0.39 is 0 Å². The van der Waals surface area contributed by atoms with Crippen LogP contribution in [0, 0.1) is 0 Å². The summed E-state index contributed by atoms with van der Waals surface area (Å²) in [6, 6.07) is 10.7. The van der Waals surface area contributed by atoms with Gasteiger partial charge >= 0.3 is 0 Å². The number of hydrogen-bond acceptors (Lipinski definition) is 2. The first-order valence-electron chi connectivity index (χ1n) is 7.63. The lowest BCUT2D eigenvalue weighted by atomic mass is 10.1. The van der Waals surface area contributed by atoms with E-state index in [9.17, 15) is 0 Å². The summed E-state index contributed by atoms with van der Waals surface area (Å²) >= 11 is 0. The Kier molecular flexibility index (Phi) is 4.36. The molecule has 0 fully saturated rings. The van der Waals surface area contributed by atoms with Crippen molar-refractivity contribution in [1.29, 1.82) is 0 Å². The molecule has 0 saturated carbocycles. The van der Waals surface area contributed by atoms with Crippen LogP contribution in [0.1, 0.15) is 18.9 Å². The van der Waals surface area contributed by atoms with E-state index in [1.807, 2.05) is 23.1 Å². The van der Waals surface area contributed by atoms with Gasteiger partial charge in [-0.2, -0.15) is 5.10 Å². The van der Waals surface area contributed by atoms with Gasteiger partial charge in [0.1, 0.15) is 0 Å². The van der Waals surface area contributed by atoms with Gasteiger partial charge in [0.05, 0.1) is 12.1 Å². The van der Waals surface area contributed by atoms with Gasteiger partial charge in [0.25, 0.3) is 0 Å². The summed E-state index contributed by atoms with van der Waals surface area (Å²) in [4.78, 5) is 0. The van der Waals surface area contributed by atoms with Crippen LogP contribution in [0.3, 0.4) is 0 Å². The standard InChI is InChI=1S/C17H22N4/c1-2-8-18-14-16-6-3-5-15-7-11-20(17(15)16)12-13-21-10-4-9-19-21/h3-7,9-11,18H,2,8,12-14H2,1H3. The maximum atomic E-state index is 4.27. The number of hydrogen-bond donors (Lipinski definition) is 1. The van der Waals surface area contributed by atoms with E-state index in [1.54, 1.807) is 0 Å². The second-order valence-electron chi connectivity index (χ2n) is 5.31. The average Bonchev–Trinajstić information content (AvgIpc) is 3.15. The molecule has 1 aromatic carbocycles. The number of aryl methyl sites for hydroxylation is 2. The zero-order chi connectivity index (χ0) is 14.5. The van der Waals surface area contributed by atoms with Gasteiger partial charge < -0.3 is 9.88 Å². The molecule has 0 saturated heterocycles. The molecule has 0 aliphatic heterocycles. The molecule has 0 radical (unpaired) electrons. The highest BCUT2D eigenvalue weighted by atomic mass is 15.3. The van der Waals surface area contributed by atoms with Crippen molar-refractivity contribution in [3.05, 3.63) is 54.5 Å². The number of nitrogens with zero attached hydrogens (tertiary/aromatic N) is 3. The van der Waals surface area contributed by atoms with Crippen LogP contribution in [0.15, 0.2) is 48.9 Å². The third-order valence-electron chi connectivity index (χ3n) is 3.74. The molecule has 0 spiro atoms. The molecule has 3 aromatic rings. The predicted molar refractivity (Wildman–Crippen MR) is 86.2 cm³/mol. The molecule has 4 heteroatoms. The molecule has 1 N–H and O–H groups in total. The van der Waals surface area contributed by atoms with Crippen LogP contribution in [0.5, 0.6) is 0 Å². The Bertz CT molecular complexity index is 682. The third-order valence-corrected chi connectivity index (χ3v) is 3.74. The van der Waals surface area contributed by atoms with E-state index in [0.29, 0.717) is 0 Å². The van der Waals surface area contributed by atoms with Crippen LogP contribution >= 0.6 is 0 Å². The topological polar surface area (TPSA) is 34.8 Å². The first-order chi connectivity index (χ1) is 10.4. The van der Waals surface area contributed by atoms with Crippen molar-refractivity contribution in [2.45, 2.75) is 33.0 Å². The predicted octanol–water partition coefficient (Wildman–Crippen LogP) is 3.04. The lowest BCUT2D eigenvalue weighted by molar-refractivity contribution is 0.541. The van der Waals surface area contributed by atoms with Crippen molar-refractivity contribution in [3.8, 4) is 0 Å². The Balaban J connectivity index is 1.81. The van der Waals surface area contributed by atoms with Crippen LogP contribution in [-0.4, -0.2) is 20.9 Å². The van der Waals surface area contributed by atoms with Crippen molar-refractivity contribution in [1.82, 2.24) is 19.7 Å². The smallest absolute Gasteiger partial charge is 0.0588 e. The van der Waals surface area contributed by atoms with E-state index in [0.717, 1.165) is 32.6 Å². The van der Waals surface area contributed by atoms with Gasteiger partial charge in [0.2, 0.25) is 0 Å². The van der Waals surface area contributed by atoms with Gasteiger partial charge in [-0.3, -0.25) is 4.68 Å².